The maximum absolute atomic E-state index is 13.0. The van der Waals surface area contributed by atoms with Gasteiger partial charge < -0.3 is 10.1 Å². The molecule has 0 spiro atoms. The molecule has 2 aromatic carbocycles. The van der Waals surface area contributed by atoms with E-state index in [-0.39, 0.29) is 46.2 Å². The second-order valence-corrected chi connectivity index (χ2v) is 10.4. The highest BCUT2D eigenvalue weighted by atomic mass is 32.2. The number of hydrogen-bond acceptors (Lipinski definition) is 6. The monoisotopic (exact) mass is 485 g/mol. The van der Waals surface area contributed by atoms with Crippen molar-refractivity contribution in [3.63, 3.8) is 0 Å². The number of anilines is 2. The van der Waals surface area contributed by atoms with Crippen LogP contribution < -0.4 is 14.8 Å². The SMILES string of the molecule is CCS(=O)(=O)Nc1ccc(NC(=O)c2ccc3c(c2)C(=O)N(C2CCCCC2)C3=O)cc1OC. The van der Waals surface area contributed by atoms with E-state index >= 15 is 0 Å². The molecule has 1 aliphatic carbocycles. The van der Waals surface area contributed by atoms with E-state index in [0.717, 1.165) is 32.1 Å². The number of methoxy groups -OCH3 is 1. The third-order valence-corrected chi connectivity index (χ3v) is 7.52. The zero-order chi connectivity index (χ0) is 24.5. The Kier molecular flexibility index (Phi) is 6.60. The fourth-order valence-corrected chi connectivity index (χ4v) is 5.02. The van der Waals surface area contributed by atoms with Crippen LogP contribution in [0.1, 0.15) is 70.1 Å². The Morgan fingerprint density at radius 1 is 1.03 bits per heavy atom. The summed E-state index contributed by atoms with van der Waals surface area (Å²) in [7, 11) is -2.10. The zero-order valence-corrected chi connectivity index (χ0v) is 19.9. The topological polar surface area (TPSA) is 122 Å². The summed E-state index contributed by atoms with van der Waals surface area (Å²) in [6, 6.07) is 8.94. The molecule has 1 aliphatic heterocycles. The van der Waals surface area contributed by atoms with E-state index in [4.69, 9.17) is 4.74 Å². The molecule has 180 valence electrons. The molecule has 1 saturated carbocycles. The van der Waals surface area contributed by atoms with Gasteiger partial charge >= 0.3 is 0 Å². The normalized spacial score (nSPS) is 16.4. The van der Waals surface area contributed by atoms with E-state index in [1.807, 2.05) is 0 Å². The van der Waals surface area contributed by atoms with Crippen LogP contribution in [-0.4, -0.2) is 49.9 Å². The minimum Gasteiger partial charge on any atom is -0.494 e. The number of imide groups is 1. The highest BCUT2D eigenvalue weighted by molar-refractivity contribution is 7.92. The van der Waals surface area contributed by atoms with E-state index in [1.165, 1.54) is 49.3 Å². The van der Waals surface area contributed by atoms with Gasteiger partial charge in [-0.3, -0.25) is 24.0 Å². The minimum absolute atomic E-state index is 0.0884. The van der Waals surface area contributed by atoms with Crippen LogP contribution in [0.2, 0.25) is 0 Å². The predicted molar refractivity (Wildman–Crippen MR) is 128 cm³/mol. The number of carbonyl (C=O) groups excluding carboxylic acids is 3. The van der Waals surface area contributed by atoms with Gasteiger partial charge in [-0.1, -0.05) is 19.3 Å². The molecule has 0 atom stereocenters. The highest BCUT2D eigenvalue weighted by Gasteiger charge is 2.40. The summed E-state index contributed by atoms with van der Waals surface area (Å²) < 4.78 is 31.4. The van der Waals surface area contributed by atoms with Crippen LogP contribution in [0.5, 0.6) is 5.75 Å². The van der Waals surface area contributed by atoms with Crippen molar-refractivity contribution in [2.75, 3.05) is 22.9 Å². The third kappa shape index (κ3) is 4.63. The van der Waals surface area contributed by atoms with Gasteiger partial charge in [-0.05, 0) is 50.1 Å². The quantitative estimate of drug-likeness (QED) is 0.578. The Balaban J connectivity index is 1.53. The number of amides is 3. The molecule has 0 radical (unpaired) electrons. The van der Waals surface area contributed by atoms with Gasteiger partial charge in [0.25, 0.3) is 17.7 Å². The molecular weight excluding hydrogens is 458 g/mol. The Bertz CT molecular complexity index is 1250. The molecule has 34 heavy (non-hydrogen) atoms. The number of carbonyl (C=O) groups is 3. The number of benzene rings is 2. The molecule has 2 aliphatic rings. The van der Waals surface area contributed by atoms with Crippen molar-refractivity contribution < 1.29 is 27.5 Å². The van der Waals surface area contributed by atoms with Crippen molar-refractivity contribution in [1.82, 2.24) is 4.90 Å². The summed E-state index contributed by atoms with van der Waals surface area (Å²) in [6.07, 6.45) is 4.72. The average Bonchev–Trinajstić information content (AvgIpc) is 3.09. The van der Waals surface area contributed by atoms with Crippen LogP contribution in [0.25, 0.3) is 0 Å². The smallest absolute Gasteiger partial charge is 0.261 e. The van der Waals surface area contributed by atoms with Gasteiger partial charge in [0.2, 0.25) is 10.0 Å². The first-order valence-corrected chi connectivity index (χ1v) is 12.9. The van der Waals surface area contributed by atoms with Crippen molar-refractivity contribution >= 4 is 39.1 Å². The molecule has 0 aromatic heterocycles. The molecule has 3 amide bonds. The van der Waals surface area contributed by atoms with Gasteiger partial charge in [-0.15, -0.1) is 0 Å². The van der Waals surface area contributed by atoms with Gasteiger partial charge in [0.1, 0.15) is 5.75 Å². The lowest BCUT2D eigenvalue weighted by Gasteiger charge is -2.29. The first-order valence-electron chi connectivity index (χ1n) is 11.3. The van der Waals surface area contributed by atoms with Crippen LogP contribution in [0, 0.1) is 0 Å². The van der Waals surface area contributed by atoms with Crippen LogP contribution >= 0.6 is 0 Å². The number of hydrogen-bond donors (Lipinski definition) is 2. The Morgan fingerprint density at radius 3 is 2.41 bits per heavy atom. The number of ether oxygens (including phenoxy) is 1. The number of nitrogens with one attached hydrogen (secondary N) is 2. The number of nitrogens with zero attached hydrogens (tertiary/aromatic N) is 1. The van der Waals surface area contributed by atoms with Gasteiger partial charge in [-0.2, -0.15) is 0 Å². The maximum Gasteiger partial charge on any atom is 0.261 e. The highest BCUT2D eigenvalue weighted by Crippen LogP contribution is 2.32. The number of sulfonamides is 1. The molecular formula is C24H27N3O6S. The molecule has 1 heterocycles. The van der Waals surface area contributed by atoms with Crippen LogP contribution in [0.4, 0.5) is 11.4 Å². The average molecular weight is 486 g/mol. The summed E-state index contributed by atoms with van der Waals surface area (Å²) in [5, 5.41) is 2.72. The maximum atomic E-state index is 13.0. The predicted octanol–water partition coefficient (Wildman–Crippen LogP) is 3.64. The number of rotatable bonds is 7. The van der Waals surface area contributed by atoms with Crippen molar-refractivity contribution in [3.05, 3.63) is 53.1 Å². The lowest BCUT2D eigenvalue weighted by molar-refractivity contribution is 0.0548. The molecule has 1 fully saturated rings. The molecule has 2 N–H and O–H groups in total. The summed E-state index contributed by atoms with van der Waals surface area (Å²) in [4.78, 5) is 40.1. The van der Waals surface area contributed by atoms with E-state index < -0.39 is 15.9 Å². The molecule has 9 nitrogen and oxygen atoms in total. The summed E-state index contributed by atoms with van der Waals surface area (Å²) in [5.41, 5.74) is 1.44. The first-order chi connectivity index (χ1) is 16.2. The molecule has 10 heteroatoms. The van der Waals surface area contributed by atoms with Crippen molar-refractivity contribution in [2.45, 2.75) is 45.1 Å². The Hall–Kier alpha value is -3.40. The lowest BCUT2D eigenvalue weighted by Crippen LogP contribution is -2.40. The first kappa shape index (κ1) is 23.7. The summed E-state index contributed by atoms with van der Waals surface area (Å²) >= 11 is 0. The third-order valence-electron chi connectivity index (χ3n) is 6.22. The van der Waals surface area contributed by atoms with E-state index in [1.54, 1.807) is 6.07 Å². The zero-order valence-electron chi connectivity index (χ0n) is 19.1. The molecule has 4 rings (SSSR count). The van der Waals surface area contributed by atoms with Crippen LogP contribution in [0.15, 0.2) is 36.4 Å². The molecule has 0 saturated heterocycles. The number of fused-ring (bicyclic) bond motifs is 1. The van der Waals surface area contributed by atoms with Gasteiger partial charge in [0.05, 0.1) is 29.7 Å². The summed E-state index contributed by atoms with van der Waals surface area (Å²) in [6.45, 7) is 1.52. The minimum atomic E-state index is -3.49. The van der Waals surface area contributed by atoms with Gasteiger partial charge in [-0.25, -0.2) is 8.42 Å². The van der Waals surface area contributed by atoms with Crippen molar-refractivity contribution in [1.29, 1.82) is 0 Å². The van der Waals surface area contributed by atoms with E-state index in [9.17, 15) is 22.8 Å². The van der Waals surface area contributed by atoms with E-state index in [2.05, 4.69) is 10.0 Å². The fraction of sp³-hybridized carbons (Fsp3) is 0.375. The Labute approximate surface area is 198 Å². The van der Waals surface area contributed by atoms with Crippen LogP contribution in [0.3, 0.4) is 0 Å². The van der Waals surface area contributed by atoms with Crippen LogP contribution in [-0.2, 0) is 10.0 Å². The summed E-state index contributed by atoms with van der Waals surface area (Å²) in [5.74, 6) is -0.966. The van der Waals surface area contributed by atoms with Gasteiger partial charge in [0, 0.05) is 23.4 Å². The second kappa shape index (κ2) is 9.46. The second-order valence-electron chi connectivity index (χ2n) is 8.41. The lowest BCUT2D eigenvalue weighted by atomic mass is 9.94. The van der Waals surface area contributed by atoms with Gasteiger partial charge in [0.15, 0.2) is 0 Å². The molecule has 0 unspecified atom stereocenters. The fourth-order valence-electron chi connectivity index (χ4n) is 4.37. The van der Waals surface area contributed by atoms with Crippen molar-refractivity contribution in [2.24, 2.45) is 0 Å². The Morgan fingerprint density at radius 2 is 1.74 bits per heavy atom. The largest absolute Gasteiger partial charge is 0.494 e. The van der Waals surface area contributed by atoms with E-state index in [0.29, 0.717) is 11.3 Å². The standard InChI is InChI=1S/C24H27N3O6S/c1-3-34(31,32)26-20-12-10-16(14-21(20)33-2)25-22(28)15-9-11-18-19(13-15)24(30)27(23(18)29)17-7-5-4-6-8-17/h9-14,17,26H,3-8H2,1-2H3,(H,25,28). The molecule has 0 bridgehead atoms. The molecule has 2 aromatic rings. The van der Waals surface area contributed by atoms with Crippen molar-refractivity contribution in [3.8, 4) is 5.75 Å².